The van der Waals surface area contributed by atoms with Gasteiger partial charge in [-0.3, -0.25) is 4.79 Å². The molecule has 182 valence electrons. The van der Waals surface area contributed by atoms with Crippen LogP contribution in [0.3, 0.4) is 0 Å². The number of rotatable bonds is 6. The topological polar surface area (TPSA) is 56.1 Å². The first-order valence-corrected chi connectivity index (χ1v) is 11.8. The fourth-order valence-corrected chi connectivity index (χ4v) is 3.92. The van der Waals surface area contributed by atoms with Gasteiger partial charge in [-0.2, -0.15) is 5.10 Å². The highest BCUT2D eigenvalue weighted by Crippen LogP contribution is 2.30. The highest BCUT2D eigenvalue weighted by Gasteiger charge is 2.28. The summed E-state index contributed by atoms with van der Waals surface area (Å²) in [6.45, 7) is 11.8. The molecule has 1 N–H and O–H groups in total. The predicted molar refractivity (Wildman–Crippen MR) is 137 cm³/mol. The van der Waals surface area contributed by atoms with Crippen LogP contribution < -0.4 is 10.1 Å². The fraction of sp³-hybridized carbons (Fsp3) is 0.310. The maximum Gasteiger partial charge on any atom is 0.225 e. The number of nitrogens with one attached hydrogen (secondary N) is 1. The van der Waals surface area contributed by atoms with Gasteiger partial charge in [0.15, 0.2) is 0 Å². The summed E-state index contributed by atoms with van der Waals surface area (Å²) in [5, 5.41) is 8.51. The Labute approximate surface area is 205 Å². The molecule has 1 aromatic heterocycles. The molecule has 2 unspecified atom stereocenters. The molecule has 2 atom stereocenters. The van der Waals surface area contributed by atoms with Gasteiger partial charge < -0.3 is 10.1 Å². The lowest BCUT2D eigenvalue weighted by atomic mass is 9.93. The van der Waals surface area contributed by atoms with E-state index in [1.54, 1.807) is 23.0 Å². The number of halogens is 1. The number of hydrogen-bond donors (Lipinski definition) is 1. The van der Waals surface area contributed by atoms with Crippen LogP contribution in [0, 0.1) is 25.1 Å². The van der Waals surface area contributed by atoms with E-state index in [1.165, 1.54) is 23.3 Å². The molecule has 3 aromatic carbocycles. The van der Waals surface area contributed by atoms with Crippen molar-refractivity contribution >= 4 is 16.8 Å². The van der Waals surface area contributed by atoms with E-state index in [1.807, 2.05) is 45.9 Å². The zero-order chi connectivity index (χ0) is 25.3. The number of ether oxygens (including phenoxy) is 1. The van der Waals surface area contributed by atoms with Crippen LogP contribution in [0.4, 0.5) is 4.39 Å². The van der Waals surface area contributed by atoms with E-state index < -0.39 is 5.41 Å². The molecular formula is C29H32FN3O2. The molecule has 35 heavy (non-hydrogen) atoms. The Morgan fingerprint density at radius 1 is 1.00 bits per heavy atom. The average Bonchev–Trinajstić information content (AvgIpc) is 3.22. The molecule has 0 aliphatic heterocycles. The molecule has 0 saturated carbocycles. The normalized spacial score (nSPS) is 13.5. The Morgan fingerprint density at radius 2 is 1.71 bits per heavy atom. The van der Waals surface area contributed by atoms with Crippen molar-refractivity contribution in [1.29, 1.82) is 0 Å². The quantitative estimate of drug-likeness (QED) is 0.350. The minimum atomic E-state index is -0.504. The Morgan fingerprint density at radius 3 is 2.37 bits per heavy atom. The smallest absolute Gasteiger partial charge is 0.225 e. The van der Waals surface area contributed by atoms with Crippen LogP contribution in [-0.4, -0.2) is 21.7 Å². The second-order valence-electron chi connectivity index (χ2n) is 10.1. The van der Waals surface area contributed by atoms with Gasteiger partial charge in [0.2, 0.25) is 5.91 Å². The number of nitrogens with zero attached hydrogens (tertiary/aromatic N) is 2. The van der Waals surface area contributed by atoms with E-state index >= 15 is 0 Å². The summed E-state index contributed by atoms with van der Waals surface area (Å²) >= 11 is 0. The van der Waals surface area contributed by atoms with Crippen molar-refractivity contribution in [3.8, 4) is 11.4 Å². The summed E-state index contributed by atoms with van der Waals surface area (Å²) in [5.41, 5.74) is 4.53. The van der Waals surface area contributed by atoms with Crippen LogP contribution in [0.15, 0.2) is 66.9 Å². The van der Waals surface area contributed by atoms with E-state index in [-0.39, 0.29) is 23.9 Å². The highest BCUT2D eigenvalue weighted by molar-refractivity contribution is 5.82. The Bertz CT molecular complexity index is 1350. The van der Waals surface area contributed by atoms with Crippen molar-refractivity contribution in [3.05, 3.63) is 89.4 Å². The lowest BCUT2D eigenvalue weighted by Gasteiger charge is -2.29. The Hall–Kier alpha value is -3.67. The second-order valence-corrected chi connectivity index (χ2v) is 10.1. The van der Waals surface area contributed by atoms with Gasteiger partial charge >= 0.3 is 0 Å². The molecule has 1 amide bonds. The standard InChI is InChI=1S/C29H32FN3O2/c1-18-7-8-21(15-19(18)2)27(20(3)32-28(34)29(4,5)6)35-25-13-14-26-22(16-25)17-31-33(26)24-11-9-23(30)10-12-24/h7-17,20,27H,1-6H3,(H,32,34). The summed E-state index contributed by atoms with van der Waals surface area (Å²) in [4.78, 5) is 12.7. The monoisotopic (exact) mass is 473 g/mol. The maximum atomic E-state index is 13.3. The number of hydrogen-bond acceptors (Lipinski definition) is 3. The van der Waals surface area contributed by atoms with E-state index in [0.29, 0.717) is 5.75 Å². The Kier molecular flexibility index (Phi) is 6.66. The molecule has 6 heteroatoms. The third kappa shape index (κ3) is 5.37. The highest BCUT2D eigenvalue weighted by atomic mass is 19.1. The summed E-state index contributed by atoms with van der Waals surface area (Å²) in [5.74, 6) is 0.362. The molecule has 5 nitrogen and oxygen atoms in total. The molecular weight excluding hydrogens is 441 g/mol. The molecule has 0 aliphatic rings. The number of carbonyl (C=O) groups excluding carboxylic acids is 1. The van der Waals surface area contributed by atoms with Crippen LogP contribution in [0.25, 0.3) is 16.6 Å². The molecule has 0 radical (unpaired) electrons. The van der Waals surface area contributed by atoms with Crippen LogP contribution >= 0.6 is 0 Å². The first kappa shape index (κ1) is 24.5. The lowest BCUT2D eigenvalue weighted by molar-refractivity contribution is -0.129. The first-order valence-electron chi connectivity index (χ1n) is 11.8. The van der Waals surface area contributed by atoms with Crippen molar-refractivity contribution < 1.29 is 13.9 Å². The van der Waals surface area contributed by atoms with Crippen LogP contribution in [0.1, 0.15) is 50.5 Å². The van der Waals surface area contributed by atoms with Gasteiger partial charge in [-0.15, -0.1) is 0 Å². The minimum Gasteiger partial charge on any atom is -0.484 e. The molecule has 1 heterocycles. The third-order valence-electron chi connectivity index (χ3n) is 6.23. The molecule has 0 fully saturated rings. The van der Waals surface area contributed by atoms with Crippen LogP contribution in [0.2, 0.25) is 0 Å². The molecule has 4 aromatic rings. The summed E-state index contributed by atoms with van der Waals surface area (Å²) in [6, 6.07) is 18.0. The van der Waals surface area contributed by atoms with Crippen molar-refractivity contribution in [2.75, 3.05) is 0 Å². The summed E-state index contributed by atoms with van der Waals surface area (Å²) in [6.07, 6.45) is 1.38. The molecule has 0 saturated heterocycles. The Balaban J connectivity index is 1.66. The van der Waals surface area contributed by atoms with Gasteiger partial charge in [0.25, 0.3) is 0 Å². The summed E-state index contributed by atoms with van der Waals surface area (Å²) < 4.78 is 21.6. The van der Waals surface area contributed by atoms with Crippen molar-refractivity contribution in [2.45, 2.75) is 53.7 Å². The number of carbonyl (C=O) groups is 1. The molecule has 0 aliphatic carbocycles. The third-order valence-corrected chi connectivity index (χ3v) is 6.23. The number of fused-ring (bicyclic) bond motifs is 1. The van der Waals surface area contributed by atoms with E-state index in [2.05, 4.69) is 42.5 Å². The largest absolute Gasteiger partial charge is 0.484 e. The SMILES string of the molecule is Cc1ccc(C(Oc2ccc3c(cnn3-c3ccc(F)cc3)c2)C(C)NC(=O)C(C)(C)C)cc1C. The van der Waals surface area contributed by atoms with Crippen molar-refractivity contribution in [2.24, 2.45) is 5.41 Å². The van der Waals surface area contributed by atoms with Gasteiger partial charge in [-0.1, -0.05) is 39.0 Å². The van der Waals surface area contributed by atoms with Gasteiger partial charge in [-0.05, 0) is 79.9 Å². The second kappa shape index (κ2) is 9.53. The summed E-state index contributed by atoms with van der Waals surface area (Å²) in [7, 11) is 0. The zero-order valence-electron chi connectivity index (χ0n) is 21.1. The zero-order valence-corrected chi connectivity index (χ0v) is 21.1. The number of aryl methyl sites for hydroxylation is 2. The van der Waals surface area contributed by atoms with Crippen molar-refractivity contribution in [3.63, 3.8) is 0 Å². The van der Waals surface area contributed by atoms with Gasteiger partial charge in [-0.25, -0.2) is 9.07 Å². The van der Waals surface area contributed by atoms with Crippen LogP contribution in [0.5, 0.6) is 5.75 Å². The molecule has 4 rings (SSSR count). The van der Waals surface area contributed by atoms with E-state index in [4.69, 9.17) is 4.74 Å². The molecule has 0 bridgehead atoms. The average molecular weight is 474 g/mol. The molecule has 0 spiro atoms. The van der Waals surface area contributed by atoms with Gasteiger partial charge in [0, 0.05) is 10.8 Å². The van der Waals surface area contributed by atoms with Crippen molar-refractivity contribution in [1.82, 2.24) is 15.1 Å². The number of amides is 1. The number of benzene rings is 3. The van der Waals surface area contributed by atoms with Crippen LogP contribution in [-0.2, 0) is 4.79 Å². The fourth-order valence-electron chi connectivity index (χ4n) is 3.92. The first-order chi connectivity index (χ1) is 16.5. The van der Waals surface area contributed by atoms with E-state index in [0.717, 1.165) is 22.2 Å². The predicted octanol–water partition coefficient (Wildman–Crippen LogP) is 6.45. The number of aromatic nitrogens is 2. The van der Waals surface area contributed by atoms with Gasteiger partial charge in [0.1, 0.15) is 17.7 Å². The maximum absolute atomic E-state index is 13.3. The van der Waals surface area contributed by atoms with Gasteiger partial charge in [0.05, 0.1) is 23.4 Å². The lowest BCUT2D eigenvalue weighted by Crippen LogP contribution is -2.44. The van der Waals surface area contributed by atoms with E-state index in [9.17, 15) is 9.18 Å². The minimum absolute atomic E-state index is 0.0292.